The molecule has 5 N–H and O–H groups in total. The van der Waals surface area contributed by atoms with Crippen LogP contribution in [0.4, 0.5) is 5.82 Å². The molecule has 0 spiro atoms. The highest BCUT2D eigenvalue weighted by molar-refractivity contribution is 5.81. The molecule has 0 amide bonds. The molecule has 2 fully saturated rings. The molecule has 2 unspecified atom stereocenters. The zero-order valence-electron chi connectivity index (χ0n) is 24.2. The highest BCUT2D eigenvalue weighted by atomic mass is 16.5. The van der Waals surface area contributed by atoms with Gasteiger partial charge in [0.2, 0.25) is 0 Å². The number of hydrogen-bond donors (Lipinski definition) is 4. The van der Waals surface area contributed by atoms with Crippen LogP contribution >= 0.6 is 0 Å². The molecule has 0 bridgehead atoms. The fourth-order valence-corrected chi connectivity index (χ4v) is 6.38. The molecule has 2 aliphatic rings. The maximum absolute atomic E-state index is 10.0. The number of nitrogen functional groups attached to an aromatic ring is 1. The number of nitrogens with two attached hydrogens (primary N) is 1. The van der Waals surface area contributed by atoms with E-state index in [0.29, 0.717) is 28.9 Å². The van der Waals surface area contributed by atoms with Gasteiger partial charge in [-0.3, -0.25) is 9.47 Å². The van der Waals surface area contributed by atoms with Gasteiger partial charge in [0, 0.05) is 30.5 Å². The minimum Gasteiger partial charge on any atom is -0.395 e. The number of aromatic amines is 1. The van der Waals surface area contributed by atoms with Crippen molar-refractivity contribution < 1.29 is 14.9 Å². The number of benzene rings is 1. The van der Waals surface area contributed by atoms with Crippen LogP contribution in [0.15, 0.2) is 30.9 Å². The molecule has 4 heterocycles. The first kappa shape index (κ1) is 28.0. The quantitative estimate of drug-likeness (QED) is 0.216. The Kier molecular flexibility index (Phi) is 7.71. The third-order valence-corrected chi connectivity index (χ3v) is 9.20. The van der Waals surface area contributed by atoms with Crippen LogP contribution in [0.1, 0.15) is 70.5 Å². The first-order chi connectivity index (χ1) is 19.8. The smallest absolute Gasteiger partial charge is 0.167 e. The molecule has 3 atom stereocenters. The van der Waals surface area contributed by atoms with E-state index in [1.54, 1.807) is 6.33 Å². The molecule has 1 saturated heterocycles. The van der Waals surface area contributed by atoms with E-state index >= 15 is 0 Å². The third-order valence-electron chi connectivity index (χ3n) is 9.20. The Morgan fingerprint density at radius 2 is 2.02 bits per heavy atom. The van der Waals surface area contributed by atoms with Gasteiger partial charge in [-0.25, -0.2) is 19.9 Å². The Bertz CT molecular complexity index is 1490. The van der Waals surface area contributed by atoms with Crippen molar-refractivity contribution in [1.29, 1.82) is 0 Å². The second-order valence-electron chi connectivity index (χ2n) is 12.6. The second kappa shape index (κ2) is 11.3. The highest BCUT2D eigenvalue weighted by Crippen LogP contribution is 2.38. The lowest BCUT2D eigenvalue weighted by atomic mass is 9.76. The van der Waals surface area contributed by atoms with Gasteiger partial charge in [0.25, 0.3) is 0 Å². The lowest BCUT2D eigenvalue weighted by Gasteiger charge is -2.46. The molecule has 11 nitrogen and oxygen atoms in total. The molecular weight excluding hydrogens is 520 g/mol. The first-order valence-corrected chi connectivity index (χ1v) is 14.8. The molecule has 11 heteroatoms. The van der Waals surface area contributed by atoms with E-state index in [9.17, 15) is 10.2 Å². The lowest BCUT2D eigenvalue weighted by Crippen LogP contribution is -2.52. The van der Waals surface area contributed by atoms with E-state index in [4.69, 9.17) is 15.5 Å². The number of nitrogens with zero attached hydrogens (tertiary/aromatic N) is 6. The van der Waals surface area contributed by atoms with Crippen molar-refractivity contribution in [1.82, 2.24) is 34.4 Å². The third kappa shape index (κ3) is 5.55. The van der Waals surface area contributed by atoms with Crippen LogP contribution in [0.2, 0.25) is 0 Å². The molecule has 1 aromatic carbocycles. The van der Waals surface area contributed by atoms with Crippen molar-refractivity contribution in [2.45, 2.75) is 89.1 Å². The summed E-state index contributed by atoms with van der Waals surface area (Å²) >= 11 is 0. The van der Waals surface area contributed by atoms with Gasteiger partial charge in [0.05, 0.1) is 36.7 Å². The standard InChI is InChI=1S/C30H42N8O3/c1-18(14-39)37(13-22-6-9-26(41-22)38-17-34-27-28(31)32-16-33-29(27)38)21-10-19(11-21)4-8-25-35-23-7-5-20(12-24(23)36-25)30(2,3)15-40/h5,7,12,16-19,21-22,26,39-40H,4,6,8-11,13-15H2,1-3H3,(H,35,36)(H2,31,32,33)/t18?,19?,21?,22-,26?/m0/s1. The van der Waals surface area contributed by atoms with Crippen LogP contribution in [0.3, 0.4) is 0 Å². The highest BCUT2D eigenvalue weighted by Gasteiger charge is 2.38. The average molecular weight is 563 g/mol. The minimum absolute atomic E-state index is 0.0814. The number of ether oxygens (including phenoxy) is 1. The molecule has 41 heavy (non-hydrogen) atoms. The lowest BCUT2D eigenvalue weighted by molar-refractivity contribution is -0.0476. The summed E-state index contributed by atoms with van der Waals surface area (Å²) in [6.45, 7) is 7.23. The number of imidazole rings is 2. The maximum atomic E-state index is 10.0. The van der Waals surface area contributed by atoms with Crippen LogP contribution < -0.4 is 5.73 Å². The van der Waals surface area contributed by atoms with Crippen LogP contribution in [0, 0.1) is 5.92 Å². The zero-order valence-corrected chi connectivity index (χ0v) is 24.2. The summed E-state index contributed by atoms with van der Waals surface area (Å²) in [6, 6.07) is 6.76. The van der Waals surface area contributed by atoms with Gasteiger partial charge in [-0.05, 0) is 62.6 Å². The Morgan fingerprint density at radius 1 is 1.20 bits per heavy atom. The van der Waals surface area contributed by atoms with E-state index in [1.165, 1.54) is 6.33 Å². The summed E-state index contributed by atoms with van der Waals surface area (Å²) in [5, 5.41) is 19.7. The Hall–Kier alpha value is -3.12. The second-order valence-corrected chi connectivity index (χ2v) is 12.6. The van der Waals surface area contributed by atoms with Gasteiger partial charge in [-0.2, -0.15) is 0 Å². The number of aryl methyl sites for hydroxylation is 1. The predicted molar refractivity (Wildman–Crippen MR) is 157 cm³/mol. The molecule has 1 aliphatic carbocycles. The molecule has 0 radical (unpaired) electrons. The Morgan fingerprint density at radius 3 is 2.80 bits per heavy atom. The van der Waals surface area contributed by atoms with Gasteiger partial charge in [0.1, 0.15) is 23.9 Å². The average Bonchev–Trinajstić information content (AvgIpc) is 3.69. The fraction of sp³-hybridized carbons (Fsp3) is 0.600. The van der Waals surface area contributed by atoms with Crippen LogP contribution in [0.5, 0.6) is 0 Å². The molecule has 3 aromatic heterocycles. The zero-order chi connectivity index (χ0) is 28.7. The normalized spacial score (nSPS) is 24.0. The summed E-state index contributed by atoms with van der Waals surface area (Å²) < 4.78 is 8.42. The van der Waals surface area contributed by atoms with E-state index < -0.39 is 0 Å². The number of nitrogens with one attached hydrogen (secondary N) is 1. The minimum atomic E-state index is -0.278. The molecule has 220 valence electrons. The summed E-state index contributed by atoms with van der Waals surface area (Å²) in [6.07, 6.45) is 9.23. The van der Waals surface area contributed by atoms with E-state index in [1.807, 2.05) is 24.5 Å². The van der Waals surface area contributed by atoms with Crippen LogP contribution in [-0.4, -0.2) is 82.5 Å². The predicted octanol–water partition coefficient (Wildman–Crippen LogP) is 3.33. The van der Waals surface area contributed by atoms with Gasteiger partial charge >= 0.3 is 0 Å². The fourth-order valence-electron chi connectivity index (χ4n) is 6.38. The van der Waals surface area contributed by atoms with Crippen molar-refractivity contribution in [2.75, 3.05) is 25.5 Å². The number of aliphatic hydroxyl groups excluding tert-OH is 2. The van der Waals surface area contributed by atoms with Gasteiger partial charge in [-0.1, -0.05) is 19.9 Å². The van der Waals surface area contributed by atoms with Gasteiger partial charge in [-0.15, -0.1) is 0 Å². The summed E-state index contributed by atoms with van der Waals surface area (Å²) in [5.41, 5.74) is 10.1. The number of fused-ring (bicyclic) bond motifs is 2. The van der Waals surface area contributed by atoms with Gasteiger partial charge in [0.15, 0.2) is 11.5 Å². The number of aromatic nitrogens is 6. The topological polar surface area (TPSA) is 151 Å². The van der Waals surface area contributed by atoms with E-state index in [-0.39, 0.29) is 37.0 Å². The number of hydrogen-bond acceptors (Lipinski definition) is 9. The summed E-state index contributed by atoms with van der Waals surface area (Å²) in [4.78, 5) is 23.6. The number of anilines is 1. The molecule has 6 rings (SSSR count). The molecule has 1 aliphatic heterocycles. The van der Waals surface area contributed by atoms with Crippen molar-refractivity contribution in [3.63, 3.8) is 0 Å². The first-order valence-electron chi connectivity index (χ1n) is 14.8. The molecular formula is C30H42N8O3. The number of aliphatic hydroxyl groups is 2. The Balaban J connectivity index is 1.03. The van der Waals surface area contributed by atoms with E-state index in [0.717, 1.165) is 67.5 Å². The monoisotopic (exact) mass is 562 g/mol. The van der Waals surface area contributed by atoms with Crippen LogP contribution in [0.25, 0.3) is 22.2 Å². The summed E-state index contributed by atoms with van der Waals surface area (Å²) in [5.74, 6) is 2.04. The largest absolute Gasteiger partial charge is 0.395 e. The number of rotatable bonds is 11. The van der Waals surface area contributed by atoms with Crippen molar-refractivity contribution in [3.8, 4) is 0 Å². The van der Waals surface area contributed by atoms with Crippen molar-refractivity contribution in [2.24, 2.45) is 5.92 Å². The SMILES string of the molecule is CC(CO)N(C[C@@H]1CCC(n2cnc3c(N)ncnc32)O1)C1CC(CCc2nc3ccc(C(C)(C)CO)cc3[nH]2)C1. The summed E-state index contributed by atoms with van der Waals surface area (Å²) in [7, 11) is 0. The van der Waals surface area contributed by atoms with Gasteiger partial charge < -0.3 is 25.7 Å². The molecule has 1 saturated carbocycles. The molecule has 4 aromatic rings. The Labute approximate surface area is 240 Å². The van der Waals surface area contributed by atoms with Crippen molar-refractivity contribution >= 4 is 28.0 Å². The van der Waals surface area contributed by atoms with E-state index in [2.05, 4.69) is 43.9 Å². The maximum Gasteiger partial charge on any atom is 0.167 e. The van der Waals surface area contributed by atoms with Crippen molar-refractivity contribution in [3.05, 3.63) is 42.2 Å². The van der Waals surface area contributed by atoms with Crippen LogP contribution in [-0.2, 0) is 16.6 Å². The number of H-pyrrole nitrogens is 1.